The van der Waals surface area contributed by atoms with E-state index in [4.69, 9.17) is 5.73 Å². The highest BCUT2D eigenvalue weighted by Crippen LogP contribution is 2.26. The summed E-state index contributed by atoms with van der Waals surface area (Å²) in [5.74, 6) is 0.988. The Morgan fingerprint density at radius 3 is 2.40 bits per heavy atom. The molecule has 0 radical (unpaired) electrons. The van der Waals surface area contributed by atoms with Gasteiger partial charge in [0.15, 0.2) is 0 Å². The van der Waals surface area contributed by atoms with Crippen molar-refractivity contribution in [2.45, 2.75) is 25.7 Å². The Morgan fingerprint density at radius 2 is 2.00 bits per heavy atom. The molecule has 3 nitrogen and oxygen atoms in total. The lowest BCUT2D eigenvalue weighted by Crippen LogP contribution is -2.22. The second-order valence-corrected chi connectivity index (χ2v) is 4.72. The fraction of sp³-hybridized carbons (Fsp3) is 0.583. The normalized spacial score (nSPS) is 11.5. The highest BCUT2D eigenvalue weighted by molar-refractivity contribution is 5.38. The molecule has 1 rings (SSSR count). The SMILES string of the molecule is CN(C)c1ccc(C(C)(C)CCN)cn1. The summed E-state index contributed by atoms with van der Waals surface area (Å²) in [5.41, 5.74) is 6.97. The summed E-state index contributed by atoms with van der Waals surface area (Å²) in [5, 5.41) is 0. The molecule has 0 atom stereocenters. The van der Waals surface area contributed by atoms with Crippen LogP contribution in [0.5, 0.6) is 0 Å². The van der Waals surface area contributed by atoms with Gasteiger partial charge in [0.05, 0.1) is 0 Å². The first kappa shape index (κ1) is 12.0. The summed E-state index contributed by atoms with van der Waals surface area (Å²) in [6.45, 7) is 5.11. The quantitative estimate of drug-likeness (QED) is 0.818. The fourth-order valence-corrected chi connectivity index (χ4v) is 1.56. The number of hydrogen-bond donors (Lipinski definition) is 1. The zero-order chi connectivity index (χ0) is 11.5. The van der Waals surface area contributed by atoms with Gasteiger partial charge in [-0.2, -0.15) is 0 Å². The lowest BCUT2D eigenvalue weighted by molar-refractivity contribution is 0.486. The summed E-state index contributed by atoms with van der Waals surface area (Å²) < 4.78 is 0. The van der Waals surface area contributed by atoms with Gasteiger partial charge in [-0.15, -0.1) is 0 Å². The minimum atomic E-state index is 0.118. The van der Waals surface area contributed by atoms with E-state index in [0.717, 1.165) is 12.2 Å². The van der Waals surface area contributed by atoms with E-state index in [2.05, 4.69) is 24.9 Å². The number of anilines is 1. The number of rotatable bonds is 4. The third kappa shape index (κ3) is 2.93. The molecule has 0 unspecified atom stereocenters. The number of nitrogens with two attached hydrogens (primary N) is 1. The first-order chi connectivity index (χ1) is 6.97. The summed E-state index contributed by atoms with van der Waals surface area (Å²) in [6.07, 6.45) is 2.93. The molecule has 0 spiro atoms. The minimum Gasteiger partial charge on any atom is -0.363 e. The Balaban J connectivity index is 2.88. The van der Waals surface area contributed by atoms with Crippen molar-refractivity contribution < 1.29 is 0 Å². The highest BCUT2D eigenvalue weighted by Gasteiger charge is 2.19. The van der Waals surface area contributed by atoms with E-state index in [1.807, 2.05) is 31.3 Å². The monoisotopic (exact) mass is 207 g/mol. The van der Waals surface area contributed by atoms with Crippen molar-refractivity contribution in [3.8, 4) is 0 Å². The third-order valence-electron chi connectivity index (χ3n) is 2.76. The molecule has 0 aliphatic rings. The molecule has 0 amide bonds. The van der Waals surface area contributed by atoms with E-state index in [1.54, 1.807) is 0 Å². The van der Waals surface area contributed by atoms with E-state index in [9.17, 15) is 0 Å². The molecule has 1 aromatic heterocycles. The van der Waals surface area contributed by atoms with Crippen LogP contribution in [0.4, 0.5) is 5.82 Å². The lowest BCUT2D eigenvalue weighted by Gasteiger charge is -2.24. The van der Waals surface area contributed by atoms with Crippen molar-refractivity contribution in [3.05, 3.63) is 23.9 Å². The maximum Gasteiger partial charge on any atom is 0.127 e. The average Bonchev–Trinajstić information content (AvgIpc) is 2.18. The van der Waals surface area contributed by atoms with Crippen LogP contribution in [0.25, 0.3) is 0 Å². The minimum absolute atomic E-state index is 0.118. The molecule has 0 aromatic carbocycles. The molecule has 2 N–H and O–H groups in total. The second kappa shape index (κ2) is 4.62. The number of aromatic nitrogens is 1. The van der Waals surface area contributed by atoms with Crippen LogP contribution in [-0.4, -0.2) is 25.6 Å². The van der Waals surface area contributed by atoms with E-state index in [0.29, 0.717) is 6.54 Å². The number of hydrogen-bond acceptors (Lipinski definition) is 3. The number of pyridine rings is 1. The molecule has 0 fully saturated rings. The molecule has 0 bridgehead atoms. The van der Waals surface area contributed by atoms with E-state index in [1.165, 1.54) is 5.56 Å². The van der Waals surface area contributed by atoms with Gasteiger partial charge >= 0.3 is 0 Å². The van der Waals surface area contributed by atoms with Crippen molar-refractivity contribution in [2.75, 3.05) is 25.5 Å². The van der Waals surface area contributed by atoms with Crippen molar-refractivity contribution in [3.63, 3.8) is 0 Å². The molecule has 0 aliphatic heterocycles. The van der Waals surface area contributed by atoms with Gasteiger partial charge in [0, 0.05) is 20.3 Å². The average molecular weight is 207 g/mol. The van der Waals surface area contributed by atoms with Gasteiger partial charge in [0.25, 0.3) is 0 Å². The van der Waals surface area contributed by atoms with Gasteiger partial charge in [-0.3, -0.25) is 0 Å². The predicted octanol–water partition coefficient (Wildman–Crippen LogP) is 1.77. The Labute approximate surface area is 92.3 Å². The van der Waals surface area contributed by atoms with Crippen molar-refractivity contribution in [1.82, 2.24) is 4.98 Å². The summed E-state index contributed by atoms with van der Waals surface area (Å²) in [6, 6.07) is 4.19. The van der Waals surface area contributed by atoms with Crippen LogP contribution in [0, 0.1) is 0 Å². The molecule has 1 aromatic rings. The topological polar surface area (TPSA) is 42.1 Å². The van der Waals surface area contributed by atoms with Crippen LogP contribution in [0.1, 0.15) is 25.8 Å². The third-order valence-corrected chi connectivity index (χ3v) is 2.76. The maximum absolute atomic E-state index is 5.60. The van der Waals surface area contributed by atoms with Crippen LogP contribution >= 0.6 is 0 Å². The van der Waals surface area contributed by atoms with Gasteiger partial charge in [-0.25, -0.2) is 4.98 Å². The highest BCUT2D eigenvalue weighted by atomic mass is 15.1. The number of nitrogens with zero attached hydrogens (tertiary/aromatic N) is 2. The zero-order valence-electron chi connectivity index (χ0n) is 10.1. The zero-order valence-corrected chi connectivity index (χ0v) is 10.1. The largest absolute Gasteiger partial charge is 0.363 e. The molecule has 3 heteroatoms. The molecule has 0 aliphatic carbocycles. The van der Waals surface area contributed by atoms with E-state index >= 15 is 0 Å². The Morgan fingerprint density at radius 1 is 1.33 bits per heavy atom. The van der Waals surface area contributed by atoms with Crippen molar-refractivity contribution >= 4 is 5.82 Å². The predicted molar refractivity (Wildman–Crippen MR) is 65.3 cm³/mol. The first-order valence-electron chi connectivity index (χ1n) is 5.31. The van der Waals surface area contributed by atoms with Crippen LogP contribution in [-0.2, 0) is 5.41 Å². The first-order valence-corrected chi connectivity index (χ1v) is 5.31. The molecule has 0 saturated heterocycles. The molecule has 1 heterocycles. The van der Waals surface area contributed by atoms with Crippen LogP contribution in [0.3, 0.4) is 0 Å². The molecule has 0 saturated carbocycles. The van der Waals surface area contributed by atoms with Crippen LogP contribution in [0.2, 0.25) is 0 Å². The summed E-state index contributed by atoms with van der Waals surface area (Å²) in [4.78, 5) is 6.41. The summed E-state index contributed by atoms with van der Waals surface area (Å²) >= 11 is 0. The van der Waals surface area contributed by atoms with Crippen molar-refractivity contribution in [2.24, 2.45) is 5.73 Å². The van der Waals surface area contributed by atoms with E-state index < -0.39 is 0 Å². The fourth-order valence-electron chi connectivity index (χ4n) is 1.56. The summed E-state index contributed by atoms with van der Waals surface area (Å²) in [7, 11) is 3.99. The van der Waals surface area contributed by atoms with Crippen molar-refractivity contribution in [1.29, 1.82) is 0 Å². The Kier molecular flexibility index (Phi) is 3.69. The maximum atomic E-state index is 5.60. The molecule has 15 heavy (non-hydrogen) atoms. The van der Waals surface area contributed by atoms with Gasteiger partial charge < -0.3 is 10.6 Å². The van der Waals surface area contributed by atoms with E-state index in [-0.39, 0.29) is 5.41 Å². The molecular weight excluding hydrogens is 186 g/mol. The second-order valence-electron chi connectivity index (χ2n) is 4.72. The molecular formula is C12H21N3. The lowest BCUT2D eigenvalue weighted by atomic mass is 9.82. The standard InChI is InChI=1S/C12H21N3/c1-12(2,7-8-13)10-5-6-11(14-9-10)15(3)4/h5-6,9H,7-8,13H2,1-4H3. The van der Waals surface area contributed by atoms with Gasteiger partial charge in [-0.1, -0.05) is 19.9 Å². The molecule has 84 valence electrons. The van der Waals surface area contributed by atoms with Gasteiger partial charge in [0.2, 0.25) is 0 Å². The Bertz CT molecular complexity index is 301. The van der Waals surface area contributed by atoms with Gasteiger partial charge in [-0.05, 0) is 30.0 Å². The smallest absolute Gasteiger partial charge is 0.127 e. The Hall–Kier alpha value is -1.09. The van der Waals surface area contributed by atoms with Gasteiger partial charge in [0.1, 0.15) is 5.82 Å². The van der Waals surface area contributed by atoms with Crippen LogP contribution in [0.15, 0.2) is 18.3 Å². The van der Waals surface area contributed by atoms with Crippen LogP contribution < -0.4 is 10.6 Å².